The van der Waals surface area contributed by atoms with Crippen molar-refractivity contribution >= 4 is 39.5 Å². The predicted octanol–water partition coefficient (Wildman–Crippen LogP) is 5.58. The summed E-state index contributed by atoms with van der Waals surface area (Å²) < 4.78 is 7.48. The Hall–Kier alpha value is -3.49. The van der Waals surface area contributed by atoms with Crippen LogP contribution in [-0.4, -0.2) is 25.7 Å². The zero-order valence-corrected chi connectivity index (χ0v) is 17.9. The smallest absolute Gasteiger partial charge is 0.291 e. The minimum absolute atomic E-state index is 0.215. The van der Waals surface area contributed by atoms with Crippen LogP contribution in [-0.2, 0) is 6.42 Å². The fraction of sp³-hybridized carbons (Fsp3) is 0.0909. The number of rotatable bonds is 5. The number of nitrogens with zero attached hydrogens (tertiary/aromatic N) is 4. The van der Waals surface area contributed by atoms with E-state index in [2.05, 4.69) is 20.6 Å². The highest BCUT2D eigenvalue weighted by molar-refractivity contribution is 7.19. The molecule has 3 aromatic heterocycles. The van der Waals surface area contributed by atoms with E-state index in [9.17, 15) is 4.79 Å². The van der Waals surface area contributed by atoms with Crippen molar-refractivity contribution in [2.24, 2.45) is 0 Å². The highest BCUT2D eigenvalue weighted by atomic mass is 35.5. The van der Waals surface area contributed by atoms with E-state index in [1.54, 1.807) is 28.8 Å². The van der Waals surface area contributed by atoms with E-state index in [0.29, 0.717) is 16.5 Å². The summed E-state index contributed by atoms with van der Waals surface area (Å²) in [5.41, 5.74) is 2.34. The molecule has 0 bridgehead atoms. The first-order valence-corrected chi connectivity index (χ1v) is 10.8. The van der Waals surface area contributed by atoms with Gasteiger partial charge in [0, 0.05) is 28.3 Å². The van der Waals surface area contributed by atoms with Crippen molar-refractivity contribution in [3.05, 3.63) is 77.3 Å². The molecule has 0 aliphatic rings. The Kier molecular flexibility index (Phi) is 5.01. The van der Waals surface area contributed by atoms with E-state index in [1.807, 2.05) is 43.3 Å². The Labute approximate surface area is 186 Å². The fourth-order valence-corrected chi connectivity index (χ4v) is 4.22. The van der Waals surface area contributed by atoms with Gasteiger partial charge in [0.1, 0.15) is 10.8 Å². The molecule has 0 saturated heterocycles. The Morgan fingerprint density at radius 1 is 1.10 bits per heavy atom. The summed E-state index contributed by atoms with van der Waals surface area (Å²) in [5.74, 6) is 1.27. The van der Waals surface area contributed by atoms with Crippen LogP contribution in [0.3, 0.4) is 0 Å². The van der Waals surface area contributed by atoms with Crippen LogP contribution in [0.15, 0.2) is 65.1 Å². The summed E-state index contributed by atoms with van der Waals surface area (Å²) in [5, 5.41) is 17.2. The predicted molar refractivity (Wildman–Crippen MR) is 121 cm³/mol. The lowest BCUT2D eigenvalue weighted by molar-refractivity contribution is 0.0997. The first-order chi connectivity index (χ1) is 15.1. The first-order valence-electron chi connectivity index (χ1n) is 9.59. The molecule has 0 unspecified atom stereocenters. The standard InChI is InChI=1S/C22H16ClN5O2S/c1-2-19-25-26-22-28(19)27-21(31-22)14-6-4-8-16(12-14)24-20(29)18-10-9-17(30-18)13-5-3-7-15(23)11-13/h3-12H,2H2,1H3,(H,24,29). The zero-order valence-electron chi connectivity index (χ0n) is 16.4. The average Bonchev–Trinajstić information content (AvgIpc) is 3.49. The Balaban J connectivity index is 1.37. The zero-order chi connectivity index (χ0) is 21.4. The number of aryl methyl sites for hydroxylation is 1. The Morgan fingerprint density at radius 2 is 1.94 bits per heavy atom. The lowest BCUT2D eigenvalue weighted by Crippen LogP contribution is -2.10. The lowest BCUT2D eigenvalue weighted by atomic mass is 10.2. The van der Waals surface area contributed by atoms with Crippen molar-refractivity contribution in [1.29, 1.82) is 0 Å². The van der Waals surface area contributed by atoms with Crippen molar-refractivity contribution < 1.29 is 9.21 Å². The van der Waals surface area contributed by atoms with E-state index in [-0.39, 0.29) is 11.7 Å². The molecule has 1 amide bonds. The van der Waals surface area contributed by atoms with E-state index >= 15 is 0 Å². The van der Waals surface area contributed by atoms with Gasteiger partial charge in [-0.3, -0.25) is 4.79 Å². The summed E-state index contributed by atoms with van der Waals surface area (Å²) >= 11 is 7.49. The monoisotopic (exact) mass is 449 g/mol. The topological polar surface area (TPSA) is 85.3 Å². The lowest BCUT2D eigenvalue weighted by Gasteiger charge is -2.05. The maximum atomic E-state index is 12.7. The molecule has 0 atom stereocenters. The molecule has 0 spiro atoms. The highest BCUT2D eigenvalue weighted by Gasteiger charge is 2.15. The van der Waals surface area contributed by atoms with Crippen molar-refractivity contribution in [3.63, 3.8) is 0 Å². The Morgan fingerprint density at radius 3 is 2.77 bits per heavy atom. The highest BCUT2D eigenvalue weighted by Crippen LogP contribution is 2.28. The summed E-state index contributed by atoms with van der Waals surface area (Å²) in [6.07, 6.45) is 0.751. The van der Waals surface area contributed by atoms with Gasteiger partial charge in [0.05, 0.1) is 0 Å². The maximum absolute atomic E-state index is 12.7. The molecule has 7 nitrogen and oxygen atoms in total. The van der Waals surface area contributed by atoms with Gasteiger partial charge in [-0.05, 0) is 36.4 Å². The average molecular weight is 450 g/mol. The van der Waals surface area contributed by atoms with Gasteiger partial charge in [-0.1, -0.05) is 54.1 Å². The van der Waals surface area contributed by atoms with Crippen molar-refractivity contribution in [2.45, 2.75) is 13.3 Å². The van der Waals surface area contributed by atoms with E-state index in [1.165, 1.54) is 11.3 Å². The molecule has 3 heterocycles. The molecule has 1 N–H and O–H groups in total. The number of carbonyl (C=O) groups excluding carboxylic acids is 1. The second-order valence-corrected chi connectivity index (χ2v) is 8.17. The summed E-state index contributed by atoms with van der Waals surface area (Å²) in [7, 11) is 0. The van der Waals surface area contributed by atoms with Gasteiger partial charge in [0.25, 0.3) is 5.91 Å². The number of carbonyl (C=O) groups is 1. The van der Waals surface area contributed by atoms with Gasteiger partial charge >= 0.3 is 0 Å². The molecule has 0 fully saturated rings. The normalized spacial score (nSPS) is 11.2. The maximum Gasteiger partial charge on any atom is 0.291 e. The van der Waals surface area contributed by atoms with Crippen LogP contribution in [0, 0.1) is 0 Å². The molecule has 31 heavy (non-hydrogen) atoms. The third-order valence-electron chi connectivity index (χ3n) is 4.68. The first kappa shape index (κ1) is 19.5. The van der Waals surface area contributed by atoms with Gasteiger partial charge in [0.15, 0.2) is 11.6 Å². The van der Waals surface area contributed by atoms with Crippen molar-refractivity contribution in [1.82, 2.24) is 19.8 Å². The van der Waals surface area contributed by atoms with Gasteiger partial charge in [-0.25, -0.2) is 0 Å². The van der Waals surface area contributed by atoms with E-state index < -0.39 is 0 Å². The molecule has 154 valence electrons. The number of hydrogen-bond acceptors (Lipinski definition) is 6. The molecule has 2 aromatic carbocycles. The molecule has 0 saturated carbocycles. The van der Waals surface area contributed by atoms with Crippen LogP contribution in [0.1, 0.15) is 23.3 Å². The van der Waals surface area contributed by atoms with Crippen LogP contribution in [0.2, 0.25) is 5.02 Å². The Bertz CT molecular complexity index is 1400. The number of halogens is 1. The number of benzene rings is 2. The molecular formula is C22H16ClN5O2S. The summed E-state index contributed by atoms with van der Waals surface area (Å²) in [4.78, 5) is 13.4. The van der Waals surface area contributed by atoms with Gasteiger partial charge < -0.3 is 9.73 Å². The van der Waals surface area contributed by atoms with Crippen LogP contribution in [0.5, 0.6) is 0 Å². The molecule has 5 rings (SSSR count). The van der Waals surface area contributed by atoms with Crippen LogP contribution < -0.4 is 5.32 Å². The quantitative estimate of drug-likeness (QED) is 0.378. The van der Waals surface area contributed by atoms with E-state index in [0.717, 1.165) is 33.3 Å². The van der Waals surface area contributed by atoms with E-state index in [4.69, 9.17) is 16.0 Å². The van der Waals surface area contributed by atoms with Crippen LogP contribution in [0.25, 0.3) is 26.9 Å². The second kappa shape index (κ2) is 7.98. The van der Waals surface area contributed by atoms with Crippen molar-refractivity contribution in [2.75, 3.05) is 5.32 Å². The number of fused-ring (bicyclic) bond motifs is 1. The second-order valence-electron chi connectivity index (χ2n) is 6.78. The largest absolute Gasteiger partial charge is 0.451 e. The SMILES string of the molecule is CCc1nnc2sc(-c3cccc(NC(=O)c4ccc(-c5cccc(Cl)c5)o4)c3)nn12. The number of aromatic nitrogens is 4. The molecule has 5 aromatic rings. The van der Waals surface area contributed by atoms with Gasteiger partial charge in [-0.2, -0.15) is 9.61 Å². The van der Waals surface area contributed by atoms with Crippen LogP contribution in [0.4, 0.5) is 5.69 Å². The summed E-state index contributed by atoms with van der Waals surface area (Å²) in [6, 6.07) is 18.2. The van der Waals surface area contributed by atoms with Crippen LogP contribution >= 0.6 is 22.9 Å². The van der Waals surface area contributed by atoms with Gasteiger partial charge in [0.2, 0.25) is 4.96 Å². The summed E-state index contributed by atoms with van der Waals surface area (Å²) in [6.45, 7) is 2.01. The molecular weight excluding hydrogens is 434 g/mol. The molecule has 0 aliphatic carbocycles. The number of nitrogens with one attached hydrogen (secondary N) is 1. The number of anilines is 1. The molecule has 0 radical (unpaired) electrons. The minimum atomic E-state index is -0.336. The third kappa shape index (κ3) is 3.83. The van der Waals surface area contributed by atoms with Crippen molar-refractivity contribution in [3.8, 4) is 21.9 Å². The molecule has 9 heteroatoms. The van der Waals surface area contributed by atoms with Gasteiger partial charge in [-0.15, -0.1) is 10.2 Å². The third-order valence-corrected chi connectivity index (χ3v) is 5.86. The number of amides is 1. The molecule has 0 aliphatic heterocycles. The minimum Gasteiger partial charge on any atom is -0.451 e. The number of hydrogen-bond donors (Lipinski definition) is 1. The number of furan rings is 1. The fourth-order valence-electron chi connectivity index (χ4n) is 3.17.